The zero-order valence-corrected chi connectivity index (χ0v) is 10.5. The molecule has 0 heterocycles. The summed E-state index contributed by atoms with van der Waals surface area (Å²) >= 11 is 3.10. The van der Waals surface area contributed by atoms with E-state index in [-0.39, 0.29) is 16.8 Å². The second kappa shape index (κ2) is 6.01. The third kappa shape index (κ3) is 3.29. The van der Waals surface area contributed by atoms with E-state index in [0.29, 0.717) is 5.33 Å². The van der Waals surface area contributed by atoms with Gasteiger partial charge in [0.1, 0.15) is 5.56 Å². The number of carbonyl (C=O) groups is 1. The highest BCUT2D eigenvalue weighted by Crippen LogP contribution is 2.20. The topological polar surface area (TPSA) is 69.4 Å². The Morgan fingerprint density at radius 3 is 2.82 bits per heavy atom. The predicted octanol–water partition coefficient (Wildman–Crippen LogP) is 2.13. The molecule has 0 amide bonds. The normalized spacial score (nSPS) is 9.06. The molecule has 0 radical (unpaired) electrons. The number of carbonyl (C=O) groups excluding carboxylic acids is 1. The Morgan fingerprint density at radius 1 is 1.59 bits per heavy atom. The highest BCUT2D eigenvalue weighted by Gasteiger charge is 2.16. The second-order valence-corrected chi connectivity index (χ2v) is 3.48. The van der Waals surface area contributed by atoms with Gasteiger partial charge in [0.15, 0.2) is 0 Å². The fourth-order valence-corrected chi connectivity index (χ4v) is 1.30. The number of halogens is 1. The smallest absolute Gasteiger partial charge is 0.338 e. The van der Waals surface area contributed by atoms with E-state index in [0.717, 1.165) is 6.07 Å². The summed E-state index contributed by atoms with van der Waals surface area (Å²) in [5.41, 5.74) is 0.187. The molecular formula is C11H8BrNO4. The van der Waals surface area contributed by atoms with E-state index in [1.54, 1.807) is 0 Å². The van der Waals surface area contributed by atoms with Crippen LogP contribution in [-0.4, -0.2) is 23.3 Å². The Kier molecular flexibility index (Phi) is 4.67. The SMILES string of the molecule is COC(=O)c1ccc(C#CCBr)c([N+](=O)[O-])c1. The Morgan fingerprint density at radius 2 is 2.29 bits per heavy atom. The van der Waals surface area contributed by atoms with Gasteiger partial charge in [0.2, 0.25) is 0 Å². The molecular weight excluding hydrogens is 290 g/mol. The van der Waals surface area contributed by atoms with Crippen LogP contribution >= 0.6 is 15.9 Å². The molecule has 1 aromatic rings. The molecule has 0 unspecified atom stereocenters. The fourth-order valence-electron chi connectivity index (χ4n) is 1.16. The minimum atomic E-state index is -0.617. The van der Waals surface area contributed by atoms with Crippen molar-refractivity contribution >= 4 is 27.6 Å². The third-order valence-corrected chi connectivity index (χ3v) is 2.19. The van der Waals surface area contributed by atoms with E-state index in [9.17, 15) is 14.9 Å². The molecule has 0 atom stereocenters. The van der Waals surface area contributed by atoms with Crippen molar-refractivity contribution in [1.82, 2.24) is 0 Å². The van der Waals surface area contributed by atoms with Gasteiger partial charge < -0.3 is 4.74 Å². The molecule has 1 aromatic carbocycles. The first-order valence-corrected chi connectivity index (χ1v) is 5.64. The molecule has 5 nitrogen and oxygen atoms in total. The maximum absolute atomic E-state index is 11.2. The Bertz CT molecular complexity index is 516. The molecule has 17 heavy (non-hydrogen) atoms. The molecule has 88 valence electrons. The summed E-state index contributed by atoms with van der Waals surface area (Å²) in [6.07, 6.45) is 0. The van der Waals surface area contributed by atoms with Gasteiger partial charge in [0.25, 0.3) is 5.69 Å². The lowest BCUT2D eigenvalue weighted by molar-refractivity contribution is -0.385. The molecule has 0 saturated heterocycles. The molecule has 0 N–H and O–H groups in total. The molecule has 6 heteroatoms. The van der Waals surface area contributed by atoms with Crippen LogP contribution in [0.25, 0.3) is 0 Å². The molecule has 0 saturated carbocycles. The summed E-state index contributed by atoms with van der Waals surface area (Å²) in [6.45, 7) is 0. The van der Waals surface area contributed by atoms with Gasteiger partial charge in [-0.15, -0.1) is 0 Å². The number of hydrogen-bond donors (Lipinski definition) is 0. The van der Waals surface area contributed by atoms with Crippen molar-refractivity contribution in [2.45, 2.75) is 0 Å². The van der Waals surface area contributed by atoms with E-state index in [2.05, 4.69) is 32.5 Å². The monoisotopic (exact) mass is 297 g/mol. The van der Waals surface area contributed by atoms with Gasteiger partial charge in [-0.1, -0.05) is 27.8 Å². The Labute approximate surface area is 106 Å². The number of benzene rings is 1. The summed E-state index contributed by atoms with van der Waals surface area (Å²) in [7, 11) is 1.21. The molecule has 0 spiro atoms. The molecule has 0 aliphatic carbocycles. The standard InChI is InChI=1S/C11H8BrNO4/c1-17-11(14)9-5-4-8(3-2-6-12)10(7-9)13(15)16/h4-5,7H,6H2,1H3. The van der Waals surface area contributed by atoms with Gasteiger partial charge in [-0.3, -0.25) is 10.1 Å². The molecule has 0 aromatic heterocycles. The summed E-state index contributed by atoms with van der Waals surface area (Å²) < 4.78 is 4.49. The fraction of sp³-hybridized carbons (Fsp3) is 0.182. The van der Waals surface area contributed by atoms with Crippen LogP contribution in [0.1, 0.15) is 15.9 Å². The third-order valence-electron chi connectivity index (χ3n) is 1.91. The lowest BCUT2D eigenvalue weighted by atomic mass is 10.1. The maximum Gasteiger partial charge on any atom is 0.338 e. The number of ether oxygens (including phenoxy) is 1. The van der Waals surface area contributed by atoms with Crippen LogP contribution in [0.3, 0.4) is 0 Å². The van der Waals surface area contributed by atoms with Gasteiger partial charge in [0.05, 0.1) is 22.9 Å². The van der Waals surface area contributed by atoms with Crippen molar-refractivity contribution in [1.29, 1.82) is 0 Å². The predicted molar refractivity (Wildman–Crippen MR) is 65.1 cm³/mol. The van der Waals surface area contributed by atoms with E-state index in [1.807, 2.05) is 0 Å². The first-order valence-electron chi connectivity index (χ1n) is 4.51. The van der Waals surface area contributed by atoms with Gasteiger partial charge >= 0.3 is 5.97 Å². The van der Waals surface area contributed by atoms with Gasteiger partial charge in [-0.05, 0) is 12.1 Å². The van der Waals surface area contributed by atoms with Crippen LogP contribution < -0.4 is 0 Å². The number of nitrogens with zero attached hydrogens (tertiary/aromatic N) is 1. The Balaban J connectivity index is 3.26. The lowest BCUT2D eigenvalue weighted by Gasteiger charge is -2.00. The van der Waals surface area contributed by atoms with E-state index in [1.165, 1.54) is 19.2 Å². The van der Waals surface area contributed by atoms with Crippen LogP contribution in [0.2, 0.25) is 0 Å². The summed E-state index contributed by atoms with van der Waals surface area (Å²) in [4.78, 5) is 21.5. The van der Waals surface area contributed by atoms with Gasteiger partial charge in [0, 0.05) is 6.07 Å². The second-order valence-electron chi connectivity index (χ2n) is 2.92. The minimum Gasteiger partial charge on any atom is -0.465 e. The molecule has 0 aliphatic rings. The average molecular weight is 298 g/mol. The molecule has 0 fully saturated rings. The number of methoxy groups -OCH3 is 1. The summed E-state index contributed by atoms with van der Waals surface area (Å²) in [6, 6.07) is 4.03. The summed E-state index contributed by atoms with van der Waals surface area (Å²) in [5.74, 6) is 4.69. The molecule has 0 bridgehead atoms. The molecule has 1 rings (SSSR count). The van der Waals surface area contributed by atoms with Crippen molar-refractivity contribution in [3.05, 3.63) is 39.4 Å². The zero-order chi connectivity index (χ0) is 12.8. The van der Waals surface area contributed by atoms with Crippen molar-refractivity contribution < 1.29 is 14.5 Å². The van der Waals surface area contributed by atoms with Crippen LogP contribution in [-0.2, 0) is 4.74 Å². The van der Waals surface area contributed by atoms with Crippen molar-refractivity contribution in [3.63, 3.8) is 0 Å². The number of hydrogen-bond acceptors (Lipinski definition) is 4. The number of nitro benzene ring substituents is 1. The quantitative estimate of drug-likeness (QED) is 0.276. The molecule has 0 aliphatic heterocycles. The van der Waals surface area contributed by atoms with Gasteiger partial charge in [-0.25, -0.2) is 4.79 Å². The summed E-state index contributed by atoms with van der Waals surface area (Å²) in [5, 5.41) is 11.2. The number of alkyl halides is 1. The minimum absolute atomic E-state index is 0.128. The van der Waals surface area contributed by atoms with E-state index in [4.69, 9.17) is 0 Å². The van der Waals surface area contributed by atoms with Crippen LogP contribution in [0.4, 0.5) is 5.69 Å². The highest BCUT2D eigenvalue weighted by molar-refractivity contribution is 9.09. The van der Waals surface area contributed by atoms with E-state index < -0.39 is 10.9 Å². The largest absolute Gasteiger partial charge is 0.465 e. The highest BCUT2D eigenvalue weighted by atomic mass is 79.9. The van der Waals surface area contributed by atoms with Crippen LogP contribution in [0.15, 0.2) is 18.2 Å². The van der Waals surface area contributed by atoms with Crippen molar-refractivity contribution in [3.8, 4) is 11.8 Å². The van der Waals surface area contributed by atoms with Crippen molar-refractivity contribution in [2.24, 2.45) is 0 Å². The lowest BCUT2D eigenvalue weighted by Crippen LogP contribution is -2.03. The first kappa shape index (κ1) is 13.2. The Hall–Kier alpha value is -1.87. The van der Waals surface area contributed by atoms with Crippen LogP contribution in [0, 0.1) is 22.0 Å². The van der Waals surface area contributed by atoms with Gasteiger partial charge in [-0.2, -0.15) is 0 Å². The maximum atomic E-state index is 11.2. The average Bonchev–Trinajstić information content (AvgIpc) is 2.35. The number of nitro groups is 1. The van der Waals surface area contributed by atoms with Crippen LogP contribution in [0.5, 0.6) is 0 Å². The van der Waals surface area contributed by atoms with E-state index >= 15 is 0 Å². The zero-order valence-electron chi connectivity index (χ0n) is 8.90. The van der Waals surface area contributed by atoms with Crippen molar-refractivity contribution in [2.75, 3.05) is 12.4 Å². The number of rotatable bonds is 2. The first-order chi connectivity index (χ1) is 8.10. The number of esters is 1.